The summed E-state index contributed by atoms with van der Waals surface area (Å²) in [5.74, 6) is -9.18. The molecule has 0 saturated heterocycles. The molecule has 2 rings (SSSR count). The van der Waals surface area contributed by atoms with E-state index >= 15 is 0 Å². The van der Waals surface area contributed by atoms with Crippen molar-refractivity contribution in [2.24, 2.45) is 0 Å². The van der Waals surface area contributed by atoms with Crippen LogP contribution in [0.1, 0.15) is 5.82 Å². The number of anilines is 1. The molecule has 3 nitrogen and oxygen atoms in total. The zero-order chi connectivity index (χ0) is 14.9. The molecule has 0 radical (unpaired) electrons. The highest BCUT2D eigenvalue weighted by atomic mass is 19.2. The van der Waals surface area contributed by atoms with Crippen LogP contribution in [0, 0.1) is 36.0 Å². The number of benzene rings is 1. The largest absolute Gasteiger partial charge is 0.378 e. The monoisotopic (exact) mass is 291 g/mol. The second-order valence-corrected chi connectivity index (χ2v) is 4.04. The standard InChI is InChI=1S/C12H10F5N3/c1-6-18-2-4-20(6)5-3-19-12-10(16)8(14)7(13)9(15)11(12)17/h2,4,19H,3,5H2,1H3. The van der Waals surface area contributed by atoms with Crippen molar-refractivity contribution in [1.29, 1.82) is 0 Å². The third-order valence-corrected chi connectivity index (χ3v) is 2.79. The van der Waals surface area contributed by atoms with Gasteiger partial charge in [-0.25, -0.2) is 26.9 Å². The molecule has 0 saturated carbocycles. The van der Waals surface area contributed by atoms with Gasteiger partial charge in [0.25, 0.3) is 0 Å². The number of imidazole rings is 1. The number of aryl methyl sites for hydroxylation is 1. The molecule has 1 N–H and O–H groups in total. The van der Waals surface area contributed by atoms with Gasteiger partial charge in [0.1, 0.15) is 11.5 Å². The number of halogens is 5. The molecular formula is C12H10F5N3. The molecular weight excluding hydrogens is 281 g/mol. The Hall–Kier alpha value is -2.12. The summed E-state index contributed by atoms with van der Waals surface area (Å²) in [4.78, 5) is 3.93. The molecule has 0 aliphatic rings. The van der Waals surface area contributed by atoms with Gasteiger partial charge in [-0.15, -0.1) is 0 Å². The maximum Gasteiger partial charge on any atom is 0.200 e. The Morgan fingerprint density at radius 1 is 1.00 bits per heavy atom. The van der Waals surface area contributed by atoms with Crippen molar-refractivity contribution in [3.63, 3.8) is 0 Å². The molecule has 0 aliphatic carbocycles. The van der Waals surface area contributed by atoms with E-state index in [1.807, 2.05) is 0 Å². The number of nitrogens with zero attached hydrogens (tertiary/aromatic N) is 2. The summed E-state index contributed by atoms with van der Waals surface area (Å²) in [5, 5.41) is 2.21. The molecule has 0 spiro atoms. The summed E-state index contributed by atoms with van der Waals surface area (Å²) >= 11 is 0. The second-order valence-electron chi connectivity index (χ2n) is 4.04. The van der Waals surface area contributed by atoms with E-state index in [9.17, 15) is 22.0 Å². The van der Waals surface area contributed by atoms with E-state index in [4.69, 9.17) is 0 Å². The summed E-state index contributed by atoms with van der Waals surface area (Å²) in [7, 11) is 0. The average Bonchev–Trinajstić information content (AvgIpc) is 2.84. The molecule has 0 unspecified atom stereocenters. The van der Waals surface area contributed by atoms with E-state index in [2.05, 4.69) is 10.3 Å². The van der Waals surface area contributed by atoms with Gasteiger partial charge in [-0.2, -0.15) is 0 Å². The van der Waals surface area contributed by atoms with Gasteiger partial charge in [-0.1, -0.05) is 0 Å². The Morgan fingerprint density at radius 3 is 2.05 bits per heavy atom. The van der Waals surface area contributed by atoms with Crippen LogP contribution in [-0.4, -0.2) is 16.1 Å². The van der Waals surface area contributed by atoms with Gasteiger partial charge in [0, 0.05) is 25.5 Å². The molecule has 0 bridgehead atoms. The minimum Gasteiger partial charge on any atom is -0.378 e. The smallest absolute Gasteiger partial charge is 0.200 e. The van der Waals surface area contributed by atoms with Gasteiger partial charge in [-0.05, 0) is 6.92 Å². The van der Waals surface area contributed by atoms with Crippen LogP contribution in [0.25, 0.3) is 0 Å². The van der Waals surface area contributed by atoms with E-state index in [0.29, 0.717) is 5.82 Å². The molecule has 0 atom stereocenters. The molecule has 8 heteroatoms. The first-order valence-corrected chi connectivity index (χ1v) is 5.66. The molecule has 0 fully saturated rings. The summed E-state index contributed by atoms with van der Waals surface area (Å²) < 4.78 is 67.1. The fourth-order valence-electron chi connectivity index (χ4n) is 1.70. The highest BCUT2D eigenvalue weighted by Gasteiger charge is 2.25. The van der Waals surface area contributed by atoms with E-state index < -0.39 is 34.8 Å². The molecule has 0 aliphatic heterocycles. The molecule has 2 aromatic rings. The quantitative estimate of drug-likeness (QED) is 0.533. The van der Waals surface area contributed by atoms with Crippen molar-refractivity contribution in [3.05, 3.63) is 47.3 Å². The maximum atomic E-state index is 13.3. The number of hydrogen-bond donors (Lipinski definition) is 1. The number of nitrogens with one attached hydrogen (secondary N) is 1. The lowest BCUT2D eigenvalue weighted by atomic mass is 10.2. The van der Waals surface area contributed by atoms with Gasteiger partial charge in [0.15, 0.2) is 23.3 Å². The minimum atomic E-state index is -2.17. The maximum absolute atomic E-state index is 13.3. The SMILES string of the molecule is Cc1nccn1CCNc1c(F)c(F)c(F)c(F)c1F. The van der Waals surface area contributed by atoms with Crippen LogP contribution in [0.15, 0.2) is 12.4 Å². The van der Waals surface area contributed by atoms with Gasteiger partial charge < -0.3 is 9.88 Å². The van der Waals surface area contributed by atoms with Crippen molar-refractivity contribution >= 4 is 5.69 Å². The third kappa shape index (κ3) is 2.45. The van der Waals surface area contributed by atoms with E-state index in [0.717, 1.165) is 0 Å². The van der Waals surface area contributed by atoms with Crippen LogP contribution >= 0.6 is 0 Å². The first-order chi connectivity index (χ1) is 9.43. The van der Waals surface area contributed by atoms with Gasteiger partial charge >= 0.3 is 0 Å². The summed E-state index contributed by atoms with van der Waals surface area (Å²) in [6.07, 6.45) is 3.17. The van der Waals surface area contributed by atoms with Crippen LogP contribution in [0.3, 0.4) is 0 Å². The number of rotatable bonds is 4. The van der Waals surface area contributed by atoms with Gasteiger partial charge in [0.05, 0.1) is 0 Å². The first kappa shape index (κ1) is 14.3. The van der Waals surface area contributed by atoms with Crippen molar-refractivity contribution in [1.82, 2.24) is 9.55 Å². The predicted molar refractivity (Wildman–Crippen MR) is 61.7 cm³/mol. The van der Waals surface area contributed by atoms with Crippen LogP contribution in [0.2, 0.25) is 0 Å². The van der Waals surface area contributed by atoms with Crippen molar-refractivity contribution in [2.45, 2.75) is 13.5 Å². The summed E-state index contributed by atoms with van der Waals surface area (Å²) in [6.45, 7) is 1.97. The summed E-state index contributed by atoms with van der Waals surface area (Å²) in [5.41, 5.74) is -1.03. The zero-order valence-corrected chi connectivity index (χ0v) is 10.4. The molecule has 108 valence electrons. The van der Waals surface area contributed by atoms with Crippen LogP contribution in [0.5, 0.6) is 0 Å². The normalized spacial score (nSPS) is 10.9. The molecule has 1 aromatic heterocycles. The van der Waals surface area contributed by atoms with Crippen molar-refractivity contribution in [2.75, 3.05) is 11.9 Å². The topological polar surface area (TPSA) is 29.9 Å². The Labute approximate surface area is 111 Å². The van der Waals surface area contributed by atoms with Crippen molar-refractivity contribution in [3.8, 4) is 0 Å². The van der Waals surface area contributed by atoms with E-state index in [-0.39, 0.29) is 13.1 Å². The third-order valence-electron chi connectivity index (χ3n) is 2.79. The van der Waals surface area contributed by atoms with E-state index in [1.54, 1.807) is 17.7 Å². The molecule has 1 heterocycles. The lowest BCUT2D eigenvalue weighted by molar-refractivity contribution is 0.381. The fourth-order valence-corrected chi connectivity index (χ4v) is 1.70. The fraction of sp³-hybridized carbons (Fsp3) is 0.250. The molecule has 1 aromatic carbocycles. The lowest BCUT2D eigenvalue weighted by Gasteiger charge is -2.11. The Kier molecular flexibility index (Phi) is 3.91. The van der Waals surface area contributed by atoms with E-state index in [1.165, 1.54) is 6.20 Å². The van der Waals surface area contributed by atoms with Crippen LogP contribution < -0.4 is 5.32 Å². The predicted octanol–water partition coefficient (Wildman–Crippen LogP) is 3.00. The van der Waals surface area contributed by atoms with Crippen LogP contribution in [-0.2, 0) is 6.54 Å². The molecule has 20 heavy (non-hydrogen) atoms. The Morgan fingerprint density at radius 2 is 1.55 bits per heavy atom. The van der Waals surface area contributed by atoms with Crippen molar-refractivity contribution < 1.29 is 22.0 Å². The minimum absolute atomic E-state index is 0.0183. The lowest BCUT2D eigenvalue weighted by Crippen LogP contribution is -2.15. The summed E-state index contributed by atoms with van der Waals surface area (Å²) in [6, 6.07) is 0. The Balaban J connectivity index is 2.16. The highest BCUT2D eigenvalue weighted by Crippen LogP contribution is 2.26. The Bertz CT molecular complexity index is 609. The highest BCUT2D eigenvalue weighted by molar-refractivity contribution is 5.47. The van der Waals surface area contributed by atoms with Gasteiger partial charge in [0.2, 0.25) is 5.82 Å². The molecule has 0 amide bonds. The van der Waals surface area contributed by atoms with Crippen LogP contribution in [0.4, 0.5) is 27.6 Å². The number of aromatic nitrogens is 2. The second kappa shape index (κ2) is 5.48. The number of hydrogen-bond acceptors (Lipinski definition) is 2. The average molecular weight is 291 g/mol. The first-order valence-electron chi connectivity index (χ1n) is 5.66. The van der Waals surface area contributed by atoms with Gasteiger partial charge in [-0.3, -0.25) is 0 Å². The zero-order valence-electron chi connectivity index (χ0n) is 10.4.